The van der Waals surface area contributed by atoms with Crippen LogP contribution in [0.3, 0.4) is 0 Å². The van der Waals surface area contributed by atoms with Crippen molar-refractivity contribution in [3.8, 4) is 0 Å². The number of hydrogen-bond acceptors (Lipinski definition) is 6. The standard InChI is InChI=1S/C14H13ClN4O3S/c1-17-13(11-7-8-12(22-11)19(20)21)23-14(18(17)2)16-10-6-4-3-5-9(10)15/h3-8,13H,1-2H3. The molecule has 0 bridgehead atoms. The molecule has 0 aliphatic carbocycles. The number of hydrazine groups is 1. The molecule has 1 aromatic carbocycles. The fourth-order valence-corrected chi connectivity index (χ4v) is 3.45. The van der Waals surface area contributed by atoms with Gasteiger partial charge in [-0.05, 0) is 18.2 Å². The monoisotopic (exact) mass is 352 g/mol. The average molecular weight is 353 g/mol. The summed E-state index contributed by atoms with van der Waals surface area (Å²) in [4.78, 5) is 14.8. The van der Waals surface area contributed by atoms with Gasteiger partial charge in [0, 0.05) is 14.1 Å². The molecule has 1 fully saturated rings. The quantitative estimate of drug-likeness (QED) is 0.612. The molecule has 1 aliphatic rings. The summed E-state index contributed by atoms with van der Waals surface area (Å²) in [5, 5.41) is 15.6. The van der Waals surface area contributed by atoms with Crippen molar-refractivity contribution in [2.75, 3.05) is 14.1 Å². The number of para-hydroxylation sites is 1. The van der Waals surface area contributed by atoms with Crippen LogP contribution in [0.2, 0.25) is 5.02 Å². The van der Waals surface area contributed by atoms with E-state index in [-0.39, 0.29) is 11.3 Å². The fourth-order valence-electron chi connectivity index (χ4n) is 2.10. The Balaban J connectivity index is 1.89. The molecule has 0 spiro atoms. The van der Waals surface area contributed by atoms with Gasteiger partial charge >= 0.3 is 5.88 Å². The fraction of sp³-hybridized carbons (Fsp3) is 0.214. The van der Waals surface area contributed by atoms with Crippen molar-refractivity contribution in [3.63, 3.8) is 0 Å². The molecule has 23 heavy (non-hydrogen) atoms. The van der Waals surface area contributed by atoms with Gasteiger partial charge in [0.2, 0.25) is 0 Å². The van der Waals surface area contributed by atoms with Crippen LogP contribution in [0.1, 0.15) is 11.1 Å². The van der Waals surface area contributed by atoms with Crippen LogP contribution in [-0.2, 0) is 0 Å². The molecule has 3 rings (SSSR count). The van der Waals surface area contributed by atoms with Crippen LogP contribution in [0.5, 0.6) is 0 Å². The summed E-state index contributed by atoms with van der Waals surface area (Å²) in [6, 6.07) is 10.3. The van der Waals surface area contributed by atoms with Gasteiger partial charge in [-0.15, -0.1) is 0 Å². The third kappa shape index (κ3) is 3.05. The van der Waals surface area contributed by atoms with E-state index >= 15 is 0 Å². The molecular weight excluding hydrogens is 340 g/mol. The Bertz CT molecular complexity index is 779. The molecule has 1 unspecified atom stereocenters. The summed E-state index contributed by atoms with van der Waals surface area (Å²) in [5.74, 6) is 0.230. The van der Waals surface area contributed by atoms with Gasteiger partial charge < -0.3 is 4.42 Å². The number of amidine groups is 1. The number of halogens is 1. The van der Waals surface area contributed by atoms with E-state index in [4.69, 9.17) is 16.0 Å². The van der Waals surface area contributed by atoms with Gasteiger partial charge in [0.25, 0.3) is 0 Å². The van der Waals surface area contributed by atoms with E-state index in [1.807, 2.05) is 42.3 Å². The number of furan rings is 1. The van der Waals surface area contributed by atoms with Gasteiger partial charge in [0.15, 0.2) is 5.17 Å². The number of nitrogens with zero attached hydrogens (tertiary/aromatic N) is 4. The largest absolute Gasteiger partial charge is 0.433 e. The zero-order valence-corrected chi connectivity index (χ0v) is 13.9. The third-order valence-electron chi connectivity index (χ3n) is 3.41. The van der Waals surface area contributed by atoms with Crippen molar-refractivity contribution in [1.29, 1.82) is 0 Å². The molecule has 1 atom stereocenters. The molecule has 7 nitrogen and oxygen atoms in total. The van der Waals surface area contributed by atoms with E-state index < -0.39 is 4.92 Å². The summed E-state index contributed by atoms with van der Waals surface area (Å²) in [6.07, 6.45) is 0. The van der Waals surface area contributed by atoms with Crippen molar-refractivity contribution in [3.05, 3.63) is 57.3 Å². The lowest BCUT2D eigenvalue weighted by atomic mass is 10.3. The van der Waals surface area contributed by atoms with Gasteiger partial charge in [-0.25, -0.2) is 10.0 Å². The number of rotatable bonds is 3. The molecule has 1 aromatic heterocycles. The minimum atomic E-state index is -0.550. The first-order valence-corrected chi connectivity index (χ1v) is 7.93. The topological polar surface area (TPSA) is 75.1 Å². The first kappa shape index (κ1) is 15.9. The Morgan fingerprint density at radius 1 is 1.30 bits per heavy atom. The highest BCUT2D eigenvalue weighted by Gasteiger charge is 2.36. The molecule has 0 radical (unpaired) electrons. The van der Waals surface area contributed by atoms with Crippen molar-refractivity contribution < 1.29 is 9.34 Å². The molecule has 2 heterocycles. The van der Waals surface area contributed by atoms with Gasteiger partial charge in [-0.2, -0.15) is 0 Å². The minimum Gasteiger partial charge on any atom is -0.403 e. The summed E-state index contributed by atoms with van der Waals surface area (Å²) < 4.78 is 5.30. The second-order valence-electron chi connectivity index (χ2n) is 4.85. The van der Waals surface area contributed by atoms with Crippen molar-refractivity contribution in [1.82, 2.24) is 10.0 Å². The first-order chi connectivity index (χ1) is 11.0. The van der Waals surface area contributed by atoms with E-state index in [0.29, 0.717) is 16.5 Å². The van der Waals surface area contributed by atoms with Gasteiger partial charge in [-0.1, -0.05) is 35.5 Å². The highest BCUT2D eigenvalue weighted by atomic mass is 35.5. The summed E-state index contributed by atoms with van der Waals surface area (Å²) in [5.41, 5.74) is 0.669. The highest BCUT2D eigenvalue weighted by Crippen LogP contribution is 2.43. The molecule has 9 heteroatoms. The van der Waals surface area contributed by atoms with E-state index in [0.717, 1.165) is 5.17 Å². The molecule has 0 saturated carbocycles. The van der Waals surface area contributed by atoms with Crippen LogP contribution in [0, 0.1) is 10.1 Å². The lowest BCUT2D eigenvalue weighted by Gasteiger charge is -2.23. The van der Waals surface area contributed by atoms with E-state index in [9.17, 15) is 10.1 Å². The maximum atomic E-state index is 10.8. The Morgan fingerprint density at radius 2 is 2.04 bits per heavy atom. The lowest BCUT2D eigenvalue weighted by molar-refractivity contribution is -0.402. The third-order valence-corrected chi connectivity index (χ3v) is 5.06. The Hall–Kier alpha value is -2.03. The smallest absolute Gasteiger partial charge is 0.403 e. The first-order valence-electron chi connectivity index (χ1n) is 6.68. The van der Waals surface area contributed by atoms with Crippen LogP contribution in [0.15, 0.2) is 45.8 Å². The number of hydrogen-bond donors (Lipinski definition) is 0. The molecule has 120 valence electrons. The molecule has 1 saturated heterocycles. The number of thioether (sulfide) groups is 1. The van der Waals surface area contributed by atoms with Gasteiger partial charge in [0.1, 0.15) is 16.1 Å². The minimum absolute atomic E-state index is 0.227. The number of benzene rings is 1. The Morgan fingerprint density at radius 3 is 2.70 bits per heavy atom. The highest BCUT2D eigenvalue weighted by molar-refractivity contribution is 8.14. The average Bonchev–Trinajstić information content (AvgIpc) is 3.10. The van der Waals surface area contributed by atoms with Gasteiger partial charge in [-0.3, -0.25) is 15.1 Å². The second-order valence-corrected chi connectivity index (χ2v) is 6.30. The summed E-state index contributed by atoms with van der Waals surface area (Å²) in [6.45, 7) is 0. The number of aliphatic imine (C=N–C) groups is 1. The maximum Gasteiger partial charge on any atom is 0.433 e. The molecule has 2 aromatic rings. The SMILES string of the molecule is CN1C(=Nc2ccccc2Cl)SC(c2ccc([N+](=O)[O-])o2)N1C. The molecular formula is C14H13ClN4O3S. The van der Waals surface area contributed by atoms with Crippen molar-refractivity contribution in [2.24, 2.45) is 4.99 Å². The summed E-state index contributed by atoms with van der Waals surface area (Å²) >= 11 is 7.57. The predicted molar refractivity (Wildman–Crippen MR) is 89.8 cm³/mol. The second kappa shape index (κ2) is 6.23. The predicted octanol–water partition coefficient (Wildman–Crippen LogP) is 4.05. The molecule has 0 N–H and O–H groups in total. The Kier molecular flexibility index (Phi) is 4.29. The lowest BCUT2D eigenvalue weighted by Crippen LogP contribution is -2.33. The molecule has 1 aliphatic heterocycles. The van der Waals surface area contributed by atoms with Crippen molar-refractivity contribution in [2.45, 2.75) is 5.37 Å². The Labute approximate surface area is 141 Å². The molecule has 0 amide bonds. The normalized spacial score (nSPS) is 20.4. The number of nitro groups is 1. The van der Waals surface area contributed by atoms with E-state index in [1.54, 1.807) is 12.1 Å². The zero-order chi connectivity index (χ0) is 16.6. The van der Waals surface area contributed by atoms with Crippen LogP contribution in [0.4, 0.5) is 11.6 Å². The van der Waals surface area contributed by atoms with Crippen molar-refractivity contribution >= 4 is 40.1 Å². The van der Waals surface area contributed by atoms with Crippen LogP contribution >= 0.6 is 23.4 Å². The van der Waals surface area contributed by atoms with E-state index in [2.05, 4.69) is 4.99 Å². The maximum absolute atomic E-state index is 10.8. The zero-order valence-electron chi connectivity index (χ0n) is 12.3. The van der Waals surface area contributed by atoms with Gasteiger partial charge in [0.05, 0.1) is 16.8 Å². The van der Waals surface area contributed by atoms with Crippen LogP contribution in [0.25, 0.3) is 0 Å². The van der Waals surface area contributed by atoms with Crippen LogP contribution in [-0.4, -0.2) is 34.2 Å². The van der Waals surface area contributed by atoms with Crippen LogP contribution < -0.4 is 0 Å². The summed E-state index contributed by atoms with van der Waals surface area (Å²) in [7, 11) is 3.72. The van der Waals surface area contributed by atoms with E-state index in [1.165, 1.54) is 17.8 Å².